The lowest BCUT2D eigenvalue weighted by Crippen LogP contribution is -2.27. The SMILES string of the molecule is CC(C)c1nc(Cl)cc(N2CCc3ccccc3CC2)n1. The van der Waals surface area contributed by atoms with Gasteiger partial charge in [0.25, 0.3) is 0 Å². The monoisotopic (exact) mass is 301 g/mol. The van der Waals surface area contributed by atoms with Crippen LogP contribution in [-0.2, 0) is 12.8 Å². The normalized spacial score (nSPS) is 15.0. The summed E-state index contributed by atoms with van der Waals surface area (Å²) in [7, 11) is 0. The van der Waals surface area contributed by atoms with Gasteiger partial charge in [-0.15, -0.1) is 0 Å². The number of anilines is 1. The molecular formula is C17H20ClN3. The molecule has 0 N–H and O–H groups in total. The fraction of sp³-hybridized carbons (Fsp3) is 0.412. The van der Waals surface area contributed by atoms with Crippen molar-refractivity contribution in [2.24, 2.45) is 0 Å². The van der Waals surface area contributed by atoms with Gasteiger partial charge in [0.1, 0.15) is 16.8 Å². The van der Waals surface area contributed by atoms with E-state index in [2.05, 4.69) is 48.0 Å². The van der Waals surface area contributed by atoms with Crippen LogP contribution in [0.1, 0.15) is 36.7 Å². The van der Waals surface area contributed by atoms with Crippen LogP contribution in [0.4, 0.5) is 5.82 Å². The van der Waals surface area contributed by atoms with Crippen molar-refractivity contribution in [3.05, 3.63) is 52.4 Å². The smallest absolute Gasteiger partial charge is 0.135 e. The van der Waals surface area contributed by atoms with Crippen LogP contribution in [0.15, 0.2) is 30.3 Å². The molecule has 110 valence electrons. The first kappa shape index (κ1) is 14.3. The lowest BCUT2D eigenvalue weighted by atomic mass is 10.0. The number of nitrogens with zero attached hydrogens (tertiary/aromatic N) is 3. The van der Waals surface area contributed by atoms with E-state index in [0.717, 1.165) is 37.6 Å². The highest BCUT2D eigenvalue weighted by atomic mass is 35.5. The zero-order valence-corrected chi connectivity index (χ0v) is 13.3. The largest absolute Gasteiger partial charge is 0.356 e. The van der Waals surface area contributed by atoms with Gasteiger partial charge in [-0.05, 0) is 24.0 Å². The molecule has 3 nitrogen and oxygen atoms in total. The van der Waals surface area contributed by atoms with Crippen LogP contribution >= 0.6 is 11.6 Å². The zero-order chi connectivity index (χ0) is 14.8. The summed E-state index contributed by atoms with van der Waals surface area (Å²) in [4.78, 5) is 11.3. The topological polar surface area (TPSA) is 29.0 Å². The van der Waals surface area contributed by atoms with Crippen molar-refractivity contribution < 1.29 is 0 Å². The third-order valence-corrected chi connectivity index (χ3v) is 4.15. The molecule has 2 aromatic rings. The molecule has 1 aliphatic heterocycles. The van der Waals surface area contributed by atoms with Crippen molar-refractivity contribution in [1.82, 2.24) is 9.97 Å². The number of halogens is 1. The van der Waals surface area contributed by atoms with Crippen molar-refractivity contribution >= 4 is 17.4 Å². The minimum atomic E-state index is 0.284. The number of hydrogen-bond donors (Lipinski definition) is 0. The molecule has 0 aliphatic carbocycles. The Kier molecular flexibility index (Phi) is 4.11. The van der Waals surface area contributed by atoms with Crippen molar-refractivity contribution in [1.29, 1.82) is 0 Å². The molecule has 3 rings (SSSR count). The second-order valence-corrected chi connectivity index (χ2v) is 6.20. The Labute approximate surface area is 131 Å². The molecular weight excluding hydrogens is 282 g/mol. The molecule has 0 saturated heterocycles. The average Bonchev–Trinajstić information content (AvgIpc) is 2.69. The molecule has 0 unspecified atom stereocenters. The molecule has 0 fully saturated rings. The van der Waals surface area contributed by atoms with Gasteiger partial charge in [0.15, 0.2) is 0 Å². The van der Waals surface area contributed by atoms with E-state index >= 15 is 0 Å². The van der Waals surface area contributed by atoms with E-state index in [9.17, 15) is 0 Å². The van der Waals surface area contributed by atoms with Crippen LogP contribution in [0.5, 0.6) is 0 Å². The number of hydrogen-bond acceptors (Lipinski definition) is 3. The van der Waals surface area contributed by atoms with E-state index in [0.29, 0.717) is 5.15 Å². The Bertz CT molecular complexity index is 613. The highest BCUT2D eigenvalue weighted by Crippen LogP contribution is 2.23. The third kappa shape index (κ3) is 3.18. The summed E-state index contributed by atoms with van der Waals surface area (Å²) in [6.07, 6.45) is 2.10. The van der Waals surface area contributed by atoms with E-state index in [-0.39, 0.29) is 5.92 Å². The summed E-state index contributed by atoms with van der Waals surface area (Å²) in [5.41, 5.74) is 2.90. The Hall–Kier alpha value is -1.61. The van der Waals surface area contributed by atoms with E-state index in [4.69, 9.17) is 16.6 Å². The standard InChI is InChI=1S/C17H20ClN3/c1-12(2)17-19-15(18)11-16(20-17)21-9-7-13-5-3-4-6-14(13)8-10-21/h3-6,11-12H,7-10H2,1-2H3. The van der Waals surface area contributed by atoms with Crippen molar-refractivity contribution in [3.8, 4) is 0 Å². The van der Waals surface area contributed by atoms with Gasteiger partial charge in [0, 0.05) is 25.1 Å². The van der Waals surface area contributed by atoms with Gasteiger partial charge >= 0.3 is 0 Å². The molecule has 2 heterocycles. The lowest BCUT2D eigenvalue weighted by molar-refractivity contribution is 0.742. The maximum Gasteiger partial charge on any atom is 0.135 e. The highest BCUT2D eigenvalue weighted by molar-refractivity contribution is 6.29. The average molecular weight is 302 g/mol. The van der Waals surface area contributed by atoms with Gasteiger partial charge in [-0.25, -0.2) is 9.97 Å². The summed E-state index contributed by atoms with van der Waals surface area (Å²) < 4.78 is 0. The molecule has 0 radical (unpaired) electrons. The summed E-state index contributed by atoms with van der Waals surface area (Å²) in [5.74, 6) is 2.05. The molecule has 21 heavy (non-hydrogen) atoms. The van der Waals surface area contributed by atoms with Gasteiger partial charge in [0.2, 0.25) is 0 Å². The van der Waals surface area contributed by atoms with Gasteiger partial charge in [-0.1, -0.05) is 49.7 Å². The zero-order valence-electron chi connectivity index (χ0n) is 12.5. The minimum absolute atomic E-state index is 0.284. The minimum Gasteiger partial charge on any atom is -0.356 e. The van der Waals surface area contributed by atoms with Gasteiger partial charge < -0.3 is 4.90 Å². The molecule has 0 amide bonds. The van der Waals surface area contributed by atoms with Crippen molar-refractivity contribution in [2.75, 3.05) is 18.0 Å². The molecule has 1 aliphatic rings. The van der Waals surface area contributed by atoms with Crippen LogP contribution in [0.25, 0.3) is 0 Å². The molecule has 0 atom stereocenters. The second-order valence-electron chi connectivity index (χ2n) is 5.82. The number of rotatable bonds is 2. The maximum atomic E-state index is 6.17. The predicted molar refractivity (Wildman–Crippen MR) is 87.2 cm³/mol. The van der Waals surface area contributed by atoms with Gasteiger partial charge in [0.05, 0.1) is 0 Å². The summed E-state index contributed by atoms with van der Waals surface area (Å²) in [5, 5.41) is 0.533. The fourth-order valence-electron chi connectivity index (χ4n) is 2.74. The van der Waals surface area contributed by atoms with E-state index in [1.165, 1.54) is 11.1 Å². The molecule has 1 aromatic carbocycles. The Morgan fingerprint density at radius 1 is 1.05 bits per heavy atom. The maximum absolute atomic E-state index is 6.17. The third-order valence-electron chi connectivity index (χ3n) is 3.96. The predicted octanol–water partition coefficient (Wildman–Crippen LogP) is 3.86. The van der Waals surface area contributed by atoms with Crippen molar-refractivity contribution in [3.63, 3.8) is 0 Å². The summed E-state index contributed by atoms with van der Waals surface area (Å²) >= 11 is 6.17. The van der Waals surface area contributed by atoms with Crippen molar-refractivity contribution in [2.45, 2.75) is 32.6 Å². The van der Waals surface area contributed by atoms with Crippen LogP contribution in [0.3, 0.4) is 0 Å². The Balaban J connectivity index is 1.86. The number of fused-ring (bicyclic) bond motifs is 1. The molecule has 1 aromatic heterocycles. The first-order valence-electron chi connectivity index (χ1n) is 7.49. The van der Waals surface area contributed by atoms with Crippen LogP contribution in [0, 0.1) is 0 Å². The Morgan fingerprint density at radius 2 is 1.67 bits per heavy atom. The first-order valence-corrected chi connectivity index (χ1v) is 7.87. The molecule has 0 saturated carbocycles. The Morgan fingerprint density at radius 3 is 2.24 bits per heavy atom. The molecule has 0 spiro atoms. The number of benzene rings is 1. The lowest BCUT2D eigenvalue weighted by Gasteiger charge is -2.22. The first-order chi connectivity index (χ1) is 10.1. The number of aromatic nitrogens is 2. The molecule has 4 heteroatoms. The molecule has 0 bridgehead atoms. The van der Waals surface area contributed by atoms with Crippen LogP contribution < -0.4 is 4.90 Å². The van der Waals surface area contributed by atoms with Gasteiger partial charge in [-0.3, -0.25) is 0 Å². The van der Waals surface area contributed by atoms with E-state index in [1.54, 1.807) is 0 Å². The quantitative estimate of drug-likeness (QED) is 0.789. The van der Waals surface area contributed by atoms with Crippen LogP contribution in [0.2, 0.25) is 5.15 Å². The fourth-order valence-corrected chi connectivity index (χ4v) is 2.92. The van der Waals surface area contributed by atoms with E-state index < -0.39 is 0 Å². The van der Waals surface area contributed by atoms with Crippen LogP contribution in [-0.4, -0.2) is 23.1 Å². The van der Waals surface area contributed by atoms with E-state index in [1.807, 2.05) is 6.07 Å². The highest BCUT2D eigenvalue weighted by Gasteiger charge is 2.17. The summed E-state index contributed by atoms with van der Waals surface area (Å²) in [6.45, 7) is 6.13. The van der Waals surface area contributed by atoms with Gasteiger partial charge in [-0.2, -0.15) is 0 Å². The summed E-state index contributed by atoms with van der Waals surface area (Å²) in [6, 6.07) is 10.6. The second kappa shape index (κ2) is 6.02.